The van der Waals surface area contributed by atoms with Gasteiger partial charge in [-0.05, 0) is 43.3 Å². The summed E-state index contributed by atoms with van der Waals surface area (Å²) in [5.41, 5.74) is 8.06. The Morgan fingerprint density at radius 1 is 1.34 bits per heavy atom. The highest BCUT2D eigenvalue weighted by Crippen LogP contribution is 2.35. The average Bonchev–Trinajstić information content (AvgIpc) is 2.79. The van der Waals surface area contributed by atoms with Crippen molar-refractivity contribution in [3.63, 3.8) is 0 Å². The van der Waals surface area contributed by atoms with Gasteiger partial charge in [0.1, 0.15) is 29.5 Å². The third-order valence-electron chi connectivity index (χ3n) is 5.07. The molecule has 0 saturated heterocycles. The summed E-state index contributed by atoms with van der Waals surface area (Å²) in [5, 5.41) is 21.1. The number of anilines is 2. The number of rotatable bonds is 1. The van der Waals surface area contributed by atoms with Crippen molar-refractivity contribution >= 4 is 28.7 Å². The molecule has 1 aromatic heterocycles. The van der Waals surface area contributed by atoms with Crippen LogP contribution in [0.15, 0.2) is 65.6 Å². The number of fused-ring (bicyclic) bond motifs is 5. The highest BCUT2D eigenvalue weighted by Gasteiger charge is 2.24. The van der Waals surface area contributed by atoms with Gasteiger partial charge in [-0.25, -0.2) is 14.4 Å². The van der Waals surface area contributed by atoms with E-state index in [0.717, 1.165) is 0 Å². The Labute approximate surface area is 184 Å². The van der Waals surface area contributed by atoms with Gasteiger partial charge in [0.05, 0.1) is 11.3 Å². The summed E-state index contributed by atoms with van der Waals surface area (Å²) in [7, 11) is 1.59. The molecule has 0 radical (unpaired) electrons. The maximum absolute atomic E-state index is 14.2. The first-order valence-corrected chi connectivity index (χ1v) is 9.78. The quantitative estimate of drug-likeness (QED) is 0.594. The minimum atomic E-state index is -0.591. The molecule has 3 heterocycles. The Morgan fingerprint density at radius 3 is 2.91 bits per heavy atom. The van der Waals surface area contributed by atoms with E-state index < -0.39 is 11.9 Å². The molecule has 1 unspecified atom stereocenters. The van der Waals surface area contributed by atoms with Gasteiger partial charge in [0.2, 0.25) is 0 Å². The average molecular weight is 429 g/mol. The van der Waals surface area contributed by atoms with Gasteiger partial charge in [0.25, 0.3) is 0 Å². The zero-order valence-electron chi connectivity index (χ0n) is 17.4. The number of aromatic nitrogens is 1. The Hall–Kier alpha value is -4.45. The molecule has 1 atom stereocenters. The molecule has 0 saturated carbocycles. The normalized spacial score (nSPS) is 18.8. The number of nitrogens with two attached hydrogens (primary N) is 1. The van der Waals surface area contributed by atoms with Crippen LogP contribution >= 0.6 is 0 Å². The molecule has 2 aliphatic heterocycles. The molecule has 32 heavy (non-hydrogen) atoms. The zero-order valence-corrected chi connectivity index (χ0v) is 17.4. The van der Waals surface area contributed by atoms with Crippen LogP contribution in [-0.2, 0) is 0 Å². The van der Waals surface area contributed by atoms with Crippen LogP contribution in [-0.4, -0.2) is 23.7 Å². The predicted molar refractivity (Wildman–Crippen MR) is 122 cm³/mol. The predicted octanol–water partition coefficient (Wildman–Crippen LogP) is 3.68. The highest BCUT2D eigenvalue weighted by molar-refractivity contribution is 6.28. The second-order valence-electron chi connectivity index (χ2n) is 7.07. The topological polar surface area (TPSA) is 123 Å². The number of halogens is 1. The van der Waals surface area contributed by atoms with Gasteiger partial charge in [0, 0.05) is 30.6 Å². The van der Waals surface area contributed by atoms with E-state index in [-0.39, 0.29) is 28.7 Å². The van der Waals surface area contributed by atoms with Crippen LogP contribution < -0.4 is 20.7 Å². The van der Waals surface area contributed by atoms with Crippen LogP contribution in [0.3, 0.4) is 0 Å². The maximum atomic E-state index is 14.2. The fourth-order valence-electron chi connectivity index (χ4n) is 3.55. The lowest BCUT2D eigenvalue weighted by molar-refractivity contribution is 0.227. The standard InChI is InChI=1S/C23H20FN7O/c1-13-16-10-15(24)6-7-18(16)31-8-4-3-5-20(31)30-23(27)21(17(11-25)28-2)14-9-19(32-13)22(26)29-12-14/h3-10,12-13,27-28H,1-2H3,(H2,26,29)/b21-17-,27-23?,30-20?. The van der Waals surface area contributed by atoms with Gasteiger partial charge in [-0.1, -0.05) is 6.08 Å². The van der Waals surface area contributed by atoms with Crippen molar-refractivity contribution in [1.29, 1.82) is 10.7 Å². The van der Waals surface area contributed by atoms with Crippen molar-refractivity contribution < 1.29 is 9.13 Å². The molecule has 0 amide bonds. The Kier molecular flexibility index (Phi) is 5.43. The van der Waals surface area contributed by atoms with E-state index in [2.05, 4.69) is 21.4 Å². The maximum Gasteiger partial charge on any atom is 0.166 e. The molecule has 2 aliphatic rings. The molecule has 160 valence electrons. The number of hydrogen-bond acceptors (Lipinski definition) is 7. The van der Waals surface area contributed by atoms with E-state index in [1.165, 1.54) is 18.3 Å². The summed E-state index contributed by atoms with van der Waals surface area (Å²) in [6.07, 6.45) is 7.96. The van der Waals surface area contributed by atoms with Crippen LogP contribution in [0.4, 0.5) is 15.9 Å². The summed E-state index contributed by atoms with van der Waals surface area (Å²) in [6, 6.07) is 8.04. The summed E-state index contributed by atoms with van der Waals surface area (Å²) >= 11 is 0. The molecule has 0 spiro atoms. The number of nitriles is 1. The Balaban J connectivity index is 2.03. The number of hydrogen-bond donors (Lipinski definition) is 3. The first-order chi connectivity index (χ1) is 15.4. The minimum absolute atomic E-state index is 0.134. The van der Waals surface area contributed by atoms with E-state index in [0.29, 0.717) is 22.6 Å². The molecule has 2 aromatic rings. The third kappa shape index (κ3) is 3.70. The van der Waals surface area contributed by atoms with Crippen molar-refractivity contribution in [3.05, 3.63) is 77.5 Å². The van der Waals surface area contributed by atoms with Crippen molar-refractivity contribution in [3.8, 4) is 11.8 Å². The van der Waals surface area contributed by atoms with Gasteiger partial charge in [-0.15, -0.1) is 0 Å². The van der Waals surface area contributed by atoms with E-state index in [1.807, 2.05) is 6.08 Å². The molecule has 4 N–H and O–H groups in total. The van der Waals surface area contributed by atoms with Crippen molar-refractivity contribution in [2.24, 2.45) is 4.99 Å². The number of nitrogens with zero attached hydrogens (tertiary/aromatic N) is 4. The molecular weight excluding hydrogens is 409 g/mol. The third-order valence-corrected chi connectivity index (χ3v) is 5.07. The van der Waals surface area contributed by atoms with Crippen molar-refractivity contribution in [2.75, 3.05) is 17.7 Å². The number of aliphatic imine (C=N–C) groups is 1. The van der Waals surface area contributed by atoms with Gasteiger partial charge in [-0.3, -0.25) is 5.41 Å². The molecule has 8 nitrogen and oxygen atoms in total. The molecule has 9 heteroatoms. The number of allylic oxidation sites excluding steroid dienone is 3. The van der Waals surface area contributed by atoms with E-state index in [9.17, 15) is 9.65 Å². The fourth-order valence-corrected chi connectivity index (χ4v) is 3.55. The Bertz CT molecular complexity index is 1270. The molecule has 0 aliphatic carbocycles. The monoisotopic (exact) mass is 429 g/mol. The van der Waals surface area contributed by atoms with Crippen LogP contribution in [0, 0.1) is 22.6 Å². The van der Waals surface area contributed by atoms with Crippen LogP contribution in [0.2, 0.25) is 0 Å². The largest absolute Gasteiger partial charge is 0.482 e. The number of pyridine rings is 1. The number of amidine groups is 2. The number of nitrogen functional groups attached to an aromatic ring is 1. The van der Waals surface area contributed by atoms with E-state index in [1.54, 1.807) is 49.4 Å². The lowest BCUT2D eigenvalue weighted by atomic mass is 10.0. The molecule has 0 fully saturated rings. The van der Waals surface area contributed by atoms with Gasteiger partial charge < -0.3 is 20.7 Å². The second kappa shape index (κ2) is 8.35. The van der Waals surface area contributed by atoms with Gasteiger partial charge in [-0.2, -0.15) is 5.26 Å². The molecule has 2 bridgehead atoms. The SMILES string of the molecule is CN/C(C#N)=C1\C(=N)N=C2C=CC=CN2c2ccc(F)cc2C(C)Oc2cc1cnc2N. The second-order valence-corrected chi connectivity index (χ2v) is 7.07. The first-order valence-electron chi connectivity index (χ1n) is 9.78. The molecule has 4 rings (SSSR count). The van der Waals surface area contributed by atoms with Crippen LogP contribution in [0.25, 0.3) is 5.57 Å². The van der Waals surface area contributed by atoms with Crippen molar-refractivity contribution in [2.45, 2.75) is 13.0 Å². The summed E-state index contributed by atoms with van der Waals surface area (Å²) in [5.74, 6) is 0.238. The summed E-state index contributed by atoms with van der Waals surface area (Å²) in [6.45, 7) is 1.78. The number of nitrogens with one attached hydrogen (secondary N) is 2. The smallest absolute Gasteiger partial charge is 0.166 e. The number of benzene rings is 1. The van der Waals surface area contributed by atoms with E-state index >= 15 is 0 Å². The first kappa shape index (κ1) is 20.8. The lowest BCUT2D eigenvalue weighted by Crippen LogP contribution is -2.28. The van der Waals surface area contributed by atoms with Crippen LogP contribution in [0.5, 0.6) is 5.75 Å². The lowest BCUT2D eigenvalue weighted by Gasteiger charge is -2.28. The highest BCUT2D eigenvalue weighted by atomic mass is 19.1. The van der Waals surface area contributed by atoms with Crippen LogP contribution in [0.1, 0.15) is 24.2 Å². The fraction of sp³-hybridized carbons (Fsp3) is 0.130. The van der Waals surface area contributed by atoms with E-state index in [4.69, 9.17) is 15.9 Å². The summed E-state index contributed by atoms with van der Waals surface area (Å²) in [4.78, 5) is 10.4. The minimum Gasteiger partial charge on any atom is -0.482 e. The molecular formula is C23H20FN7O. The Morgan fingerprint density at radius 2 is 2.16 bits per heavy atom. The van der Waals surface area contributed by atoms with Crippen molar-refractivity contribution in [1.82, 2.24) is 10.3 Å². The zero-order chi connectivity index (χ0) is 22.8. The van der Waals surface area contributed by atoms with Gasteiger partial charge in [0.15, 0.2) is 17.4 Å². The summed E-state index contributed by atoms with van der Waals surface area (Å²) < 4.78 is 20.3. The molecule has 1 aromatic carbocycles. The number of ether oxygens (including phenoxy) is 1. The van der Waals surface area contributed by atoms with Gasteiger partial charge >= 0.3 is 0 Å².